The number of nitrogens with zero attached hydrogens (tertiary/aromatic N) is 1. The highest BCUT2D eigenvalue weighted by Gasteiger charge is 2.37. The minimum absolute atomic E-state index is 0.0443. The first-order chi connectivity index (χ1) is 9.80. The summed E-state index contributed by atoms with van der Waals surface area (Å²) >= 11 is 0. The SMILES string of the molecule is CCCC(C)(NC(=O)N(CC(N)=O)C1CCCC1)C(=O)O. The molecule has 120 valence electrons. The smallest absolute Gasteiger partial charge is 0.329 e. The van der Waals surface area contributed by atoms with Gasteiger partial charge in [-0.3, -0.25) is 4.79 Å². The molecule has 0 saturated heterocycles. The number of hydrogen-bond acceptors (Lipinski definition) is 3. The van der Waals surface area contributed by atoms with Crippen molar-refractivity contribution >= 4 is 17.9 Å². The van der Waals surface area contributed by atoms with Gasteiger partial charge in [0.1, 0.15) is 12.1 Å². The van der Waals surface area contributed by atoms with Crippen molar-refractivity contribution in [1.82, 2.24) is 10.2 Å². The molecular formula is C14H25N3O4. The first-order valence-electron chi connectivity index (χ1n) is 7.40. The molecule has 3 amide bonds. The number of aliphatic carboxylic acids is 1. The third-order valence-corrected chi connectivity index (χ3v) is 3.96. The van der Waals surface area contributed by atoms with Crippen molar-refractivity contribution in [2.45, 2.75) is 64.0 Å². The van der Waals surface area contributed by atoms with E-state index in [2.05, 4.69) is 5.32 Å². The minimum atomic E-state index is -1.33. The molecule has 7 heteroatoms. The van der Waals surface area contributed by atoms with Crippen molar-refractivity contribution < 1.29 is 19.5 Å². The van der Waals surface area contributed by atoms with E-state index in [-0.39, 0.29) is 12.6 Å². The predicted molar refractivity (Wildman–Crippen MR) is 77.6 cm³/mol. The van der Waals surface area contributed by atoms with E-state index in [0.717, 1.165) is 25.7 Å². The molecule has 0 spiro atoms. The number of amides is 3. The highest BCUT2D eigenvalue weighted by atomic mass is 16.4. The second-order valence-corrected chi connectivity index (χ2v) is 5.85. The van der Waals surface area contributed by atoms with E-state index in [1.54, 1.807) is 0 Å². The second kappa shape index (κ2) is 7.28. The summed E-state index contributed by atoms with van der Waals surface area (Å²) in [5, 5.41) is 11.9. The molecule has 0 aromatic carbocycles. The average molecular weight is 299 g/mol. The van der Waals surface area contributed by atoms with Crippen LogP contribution >= 0.6 is 0 Å². The van der Waals surface area contributed by atoms with Gasteiger partial charge in [-0.15, -0.1) is 0 Å². The summed E-state index contributed by atoms with van der Waals surface area (Å²) < 4.78 is 0. The number of carbonyl (C=O) groups is 3. The van der Waals surface area contributed by atoms with Gasteiger partial charge in [0.25, 0.3) is 0 Å². The van der Waals surface area contributed by atoms with Gasteiger partial charge in [-0.2, -0.15) is 0 Å². The van der Waals surface area contributed by atoms with Crippen LogP contribution in [0.4, 0.5) is 4.79 Å². The van der Waals surface area contributed by atoms with Crippen molar-refractivity contribution in [3.05, 3.63) is 0 Å². The van der Waals surface area contributed by atoms with Gasteiger partial charge in [0, 0.05) is 6.04 Å². The first-order valence-corrected chi connectivity index (χ1v) is 7.40. The Labute approximate surface area is 124 Å². The molecule has 0 radical (unpaired) electrons. The maximum atomic E-state index is 12.4. The van der Waals surface area contributed by atoms with Gasteiger partial charge in [0.2, 0.25) is 5.91 Å². The molecule has 4 N–H and O–H groups in total. The zero-order chi connectivity index (χ0) is 16.0. The molecule has 1 fully saturated rings. The largest absolute Gasteiger partial charge is 0.480 e. The molecule has 21 heavy (non-hydrogen) atoms. The average Bonchev–Trinajstić information content (AvgIpc) is 2.89. The maximum absolute atomic E-state index is 12.4. The summed E-state index contributed by atoms with van der Waals surface area (Å²) in [5.41, 5.74) is 3.87. The fraction of sp³-hybridized carbons (Fsp3) is 0.786. The van der Waals surface area contributed by atoms with E-state index < -0.39 is 23.4 Å². The molecular weight excluding hydrogens is 274 g/mol. The van der Waals surface area contributed by atoms with Crippen LogP contribution in [0.3, 0.4) is 0 Å². The van der Waals surface area contributed by atoms with Gasteiger partial charge in [-0.1, -0.05) is 26.2 Å². The van der Waals surface area contributed by atoms with Crippen LogP contribution in [0.25, 0.3) is 0 Å². The Morgan fingerprint density at radius 3 is 2.33 bits per heavy atom. The fourth-order valence-corrected chi connectivity index (χ4v) is 2.78. The highest BCUT2D eigenvalue weighted by Crippen LogP contribution is 2.24. The fourth-order valence-electron chi connectivity index (χ4n) is 2.78. The van der Waals surface area contributed by atoms with Crippen LogP contribution in [0.2, 0.25) is 0 Å². The summed E-state index contributed by atoms with van der Waals surface area (Å²) in [6, 6.07) is -0.573. The normalized spacial score (nSPS) is 18.0. The van der Waals surface area contributed by atoms with Gasteiger partial charge in [-0.25, -0.2) is 9.59 Å². The van der Waals surface area contributed by atoms with E-state index in [1.165, 1.54) is 11.8 Å². The number of carbonyl (C=O) groups excluding carboxylic acids is 2. The van der Waals surface area contributed by atoms with E-state index in [0.29, 0.717) is 12.8 Å². The van der Waals surface area contributed by atoms with Gasteiger partial charge >= 0.3 is 12.0 Å². The molecule has 1 aliphatic rings. The first kappa shape index (κ1) is 17.3. The monoisotopic (exact) mass is 299 g/mol. The highest BCUT2D eigenvalue weighted by molar-refractivity contribution is 5.88. The second-order valence-electron chi connectivity index (χ2n) is 5.85. The Morgan fingerprint density at radius 2 is 1.90 bits per heavy atom. The van der Waals surface area contributed by atoms with Crippen molar-refractivity contribution in [3.63, 3.8) is 0 Å². The third-order valence-electron chi connectivity index (χ3n) is 3.96. The summed E-state index contributed by atoms with van der Waals surface area (Å²) in [7, 11) is 0. The van der Waals surface area contributed by atoms with Crippen LogP contribution < -0.4 is 11.1 Å². The van der Waals surface area contributed by atoms with Gasteiger partial charge in [0.05, 0.1) is 0 Å². The minimum Gasteiger partial charge on any atom is -0.480 e. The lowest BCUT2D eigenvalue weighted by molar-refractivity contribution is -0.144. The molecule has 1 atom stereocenters. The van der Waals surface area contributed by atoms with E-state index in [9.17, 15) is 19.5 Å². The molecule has 7 nitrogen and oxygen atoms in total. The number of nitrogens with two attached hydrogens (primary N) is 1. The van der Waals surface area contributed by atoms with Crippen LogP contribution in [0.5, 0.6) is 0 Å². The zero-order valence-corrected chi connectivity index (χ0v) is 12.7. The zero-order valence-electron chi connectivity index (χ0n) is 12.7. The molecule has 0 aromatic heterocycles. The Kier molecular flexibility index (Phi) is 5.99. The molecule has 1 aliphatic carbocycles. The van der Waals surface area contributed by atoms with Crippen LogP contribution in [-0.2, 0) is 9.59 Å². The van der Waals surface area contributed by atoms with Gasteiger partial charge in [0.15, 0.2) is 0 Å². The Morgan fingerprint density at radius 1 is 1.33 bits per heavy atom. The number of hydrogen-bond donors (Lipinski definition) is 3. The number of rotatable bonds is 7. The van der Waals surface area contributed by atoms with Crippen LogP contribution in [-0.4, -0.2) is 46.0 Å². The molecule has 0 aliphatic heterocycles. The van der Waals surface area contributed by atoms with Crippen LogP contribution in [0.1, 0.15) is 52.4 Å². The van der Waals surface area contributed by atoms with Crippen molar-refractivity contribution in [3.8, 4) is 0 Å². The number of carboxylic acids is 1. The summed E-state index contributed by atoms with van der Waals surface area (Å²) in [6.07, 6.45) is 4.58. The Bertz CT molecular complexity index is 407. The lowest BCUT2D eigenvalue weighted by atomic mass is 9.96. The van der Waals surface area contributed by atoms with Crippen LogP contribution in [0.15, 0.2) is 0 Å². The topological polar surface area (TPSA) is 113 Å². The van der Waals surface area contributed by atoms with Gasteiger partial charge < -0.3 is 21.1 Å². The molecule has 1 unspecified atom stereocenters. The predicted octanol–water partition coefficient (Wildman–Crippen LogP) is 1.07. The molecule has 0 heterocycles. The van der Waals surface area contributed by atoms with E-state index in [1.807, 2.05) is 6.92 Å². The third kappa shape index (κ3) is 4.61. The molecule has 1 saturated carbocycles. The summed E-state index contributed by atoms with van der Waals surface area (Å²) in [5.74, 6) is -1.67. The van der Waals surface area contributed by atoms with Crippen LogP contribution in [0, 0.1) is 0 Å². The molecule has 1 rings (SSSR count). The van der Waals surface area contributed by atoms with E-state index in [4.69, 9.17) is 5.73 Å². The molecule has 0 aromatic rings. The number of primary amides is 1. The Balaban J connectivity index is 2.83. The summed E-state index contributed by atoms with van der Waals surface area (Å²) in [4.78, 5) is 36.4. The quantitative estimate of drug-likeness (QED) is 0.652. The number of urea groups is 1. The Hall–Kier alpha value is -1.79. The lowest BCUT2D eigenvalue weighted by Gasteiger charge is -2.33. The van der Waals surface area contributed by atoms with E-state index >= 15 is 0 Å². The number of carboxylic acid groups (broad SMARTS) is 1. The lowest BCUT2D eigenvalue weighted by Crippen LogP contribution is -2.58. The maximum Gasteiger partial charge on any atom is 0.329 e. The summed E-state index contributed by atoms with van der Waals surface area (Å²) in [6.45, 7) is 3.15. The standard InChI is InChI=1S/C14H25N3O4/c1-3-8-14(2,12(19)20)16-13(21)17(9-11(15)18)10-6-4-5-7-10/h10H,3-9H2,1-2H3,(H2,15,18)(H,16,21)(H,19,20). The van der Waals surface area contributed by atoms with Gasteiger partial charge in [-0.05, 0) is 26.2 Å². The van der Waals surface area contributed by atoms with Crippen molar-refractivity contribution in [2.24, 2.45) is 5.73 Å². The van der Waals surface area contributed by atoms with Crippen molar-refractivity contribution in [2.75, 3.05) is 6.54 Å². The molecule has 0 bridgehead atoms. The van der Waals surface area contributed by atoms with Crippen molar-refractivity contribution in [1.29, 1.82) is 0 Å². The number of nitrogens with one attached hydrogen (secondary N) is 1.